The van der Waals surface area contributed by atoms with E-state index < -0.39 is 0 Å². The lowest BCUT2D eigenvalue weighted by atomic mass is 9.66. The molecule has 3 aliphatic carbocycles. The highest BCUT2D eigenvalue weighted by Crippen LogP contribution is 2.70. The van der Waals surface area contributed by atoms with Crippen LogP contribution in [-0.4, -0.2) is 0 Å². The third kappa shape index (κ3) is 3.91. The number of aryl methyl sites for hydroxylation is 6. The smallest absolute Gasteiger partial charge is 0.0745 e. The Morgan fingerprint density at radius 3 is 1.30 bits per heavy atom. The Bertz CT molecular complexity index is 2540. The second-order valence-corrected chi connectivity index (χ2v) is 18.9. The Kier molecular flexibility index (Phi) is 6.58. The average Bonchev–Trinajstić information content (AvgIpc) is 3.87. The summed E-state index contributed by atoms with van der Waals surface area (Å²) in [4.78, 5) is 5.86. The second-order valence-electron chi connectivity index (χ2n) is 15.0. The molecule has 0 radical (unpaired) electrons. The Morgan fingerprint density at radius 1 is 0.480 bits per heavy atom. The Hall–Kier alpha value is -3.80. The summed E-state index contributed by atoms with van der Waals surface area (Å²) in [6.45, 7) is 15.9. The number of benzene rings is 3. The van der Waals surface area contributed by atoms with Crippen LogP contribution in [0.15, 0.2) is 101 Å². The molecular weight excluding hydrogens is 681 g/mol. The van der Waals surface area contributed by atoms with Gasteiger partial charge in [-0.3, -0.25) is 0 Å². The molecule has 4 heterocycles. The quantitative estimate of drug-likeness (QED) is 0.170. The predicted molar refractivity (Wildman–Crippen MR) is 219 cm³/mol. The first-order valence-electron chi connectivity index (χ1n) is 17.5. The molecule has 0 fully saturated rings. The van der Waals surface area contributed by atoms with Crippen molar-refractivity contribution in [2.24, 2.45) is 0 Å². The normalized spacial score (nSPS) is 18.3. The molecule has 4 aromatic heterocycles. The summed E-state index contributed by atoms with van der Waals surface area (Å²) in [6, 6.07) is 26.7. The van der Waals surface area contributed by atoms with Gasteiger partial charge in [0, 0.05) is 20.9 Å². The Labute approximate surface area is 311 Å². The summed E-state index contributed by atoms with van der Waals surface area (Å²) >= 11 is 8.01. The predicted octanol–water partition coefficient (Wildman–Crippen LogP) is 13.9. The first kappa shape index (κ1) is 31.0. The van der Waals surface area contributed by atoms with Crippen molar-refractivity contribution in [2.45, 2.75) is 65.7 Å². The average molecular weight is 719 g/mol. The highest BCUT2D eigenvalue weighted by Gasteiger charge is 2.55. The lowest BCUT2D eigenvalue weighted by Gasteiger charge is -2.35. The van der Waals surface area contributed by atoms with Gasteiger partial charge in [-0.15, -0.1) is 45.3 Å². The highest BCUT2D eigenvalue weighted by molar-refractivity contribution is 7.34. The van der Waals surface area contributed by atoms with Crippen LogP contribution >= 0.6 is 45.3 Å². The molecule has 7 aromatic rings. The summed E-state index contributed by atoms with van der Waals surface area (Å²) in [7, 11) is 0. The molecule has 0 bridgehead atoms. The fourth-order valence-corrected chi connectivity index (χ4v) is 15.2. The molecule has 0 saturated carbocycles. The number of hydrogen-bond donors (Lipinski definition) is 0. The maximum Gasteiger partial charge on any atom is 0.0745 e. The van der Waals surface area contributed by atoms with Gasteiger partial charge in [-0.1, -0.05) is 106 Å². The topological polar surface area (TPSA) is 0 Å². The van der Waals surface area contributed by atoms with E-state index in [1.807, 2.05) is 22.7 Å². The SMILES string of the molecule is CC1=CCC(C2(c3cc(C)cc(C)c3)c3ccsc3-c3sc4c5c(sc4c32)-c2sccc2C5(c2cc(C)cc(C)c2)c2cc(C)cc(C)c2)=C1. The van der Waals surface area contributed by atoms with Gasteiger partial charge in [0.2, 0.25) is 0 Å². The van der Waals surface area contributed by atoms with Crippen LogP contribution in [0.3, 0.4) is 0 Å². The maximum atomic E-state index is 2.51. The molecule has 0 saturated heterocycles. The number of allylic oxidation sites excluding steroid dienone is 4. The van der Waals surface area contributed by atoms with Crippen molar-refractivity contribution in [2.75, 3.05) is 0 Å². The maximum absolute atomic E-state index is 2.51. The molecule has 0 spiro atoms. The van der Waals surface area contributed by atoms with Gasteiger partial charge in [-0.2, -0.15) is 0 Å². The van der Waals surface area contributed by atoms with Gasteiger partial charge < -0.3 is 0 Å². The van der Waals surface area contributed by atoms with E-state index in [2.05, 4.69) is 161 Å². The molecular formula is C46H38S4. The summed E-state index contributed by atoms with van der Waals surface area (Å²) in [6.07, 6.45) is 5.93. The largest absolute Gasteiger partial charge is 0.143 e. The van der Waals surface area contributed by atoms with Gasteiger partial charge in [-0.25, -0.2) is 0 Å². The van der Waals surface area contributed by atoms with Crippen LogP contribution in [-0.2, 0) is 10.8 Å². The minimum absolute atomic E-state index is 0.312. The van der Waals surface area contributed by atoms with E-state index in [-0.39, 0.29) is 10.8 Å². The summed E-state index contributed by atoms with van der Waals surface area (Å²) in [5, 5.41) is 4.67. The molecule has 1 unspecified atom stereocenters. The molecule has 10 rings (SSSR count). The fraction of sp³-hybridized carbons (Fsp3) is 0.217. The summed E-state index contributed by atoms with van der Waals surface area (Å²) in [5.74, 6) is 0. The molecule has 0 aliphatic heterocycles. The molecule has 0 nitrogen and oxygen atoms in total. The number of thiophene rings is 4. The second kappa shape index (κ2) is 10.6. The van der Waals surface area contributed by atoms with Crippen LogP contribution in [0.2, 0.25) is 0 Å². The van der Waals surface area contributed by atoms with Crippen LogP contribution in [0.4, 0.5) is 0 Å². The highest BCUT2D eigenvalue weighted by atomic mass is 32.1. The third-order valence-electron chi connectivity index (χ3n) is 11.3. The van der Waals surface area contributed by atoms with Crippen molar-refractivity contribution in [3.8, 4) is 19.5 Å². The number of rotatable bonds is 4. The first-order valence-corrected chi connectivity index (χ1v) is 20.9. The standard InChI is InChI=1S/C46H38S4/c1-24-8-9-31(17-24)45(32-18-25(2)14-26(3)19-32)35-10-12-47-39(35)41-37(45)43-44(49-41)38-42(50-43)40-36(11-13-48-40)46(38,33-20-27(4)15-28(5)21-33)34-22-29(6)16-30(7)23-34/h8,10-23H,9H2,1-7H3. The molecule has 0 N–H and O–H groups in total. The molecule has 0 amide bonds. The van der Waals surface area contributed by atoms with Crippen molar-refractivity contribution in [3.05, 3.63) is 173 Å². The number of fused-ring (bicyclic) bond motifs is 9. The van der Waals surface area contributed by atoms with E-state index in [9.17, 15) is 0 Å². The van der Waals surface area contributed by atoms with Gasteiger partial charge >= 0.3 is 0 Å². The molecule has 1 atom stereocenters. The fourth-order valence-electron chi connectivity index (χ4n) is 9.85. The monoisotopic (exact) mass is 718 g/mol. The van der Waals surface area contributed by atoms with E-state index >= 15 is 0 Å². The number of hydrogen-bond acceptors (Lipinski definition) is 4. The zero-order valence-corrected chi connectivity index (χ0v) is 32.8. The van der Waals surface area contributed by atoms with Crippen molar-refractivity contribution in [3.63, 3.8) is 0 Å². The zero-order chi connectivity index (χ0) is 34.3. The van der Waals surface area contributed by atoms with Crippen LogP contribution in [0.1, 0.15) is 85.7 Å². The lowest BCUT2D eigenvalue weighted by Crippen LogP contribution is -2.29. The lowest BCUT2D eigenvalue weighted by molar-refractivity contribution is 0.739. The van der Waals surface area contributed by atoms with Gasteiger partial charge in [-0.05, 0) is 111 Å². The van der Waals surface area contributed by atoms with Crippen molar-refractivity contribution < 1.29 is 0 Å². The zero-order valence-electron chi connectivity index (χ0n) is 29.5. The van der Waals surface area contributed by atoms with Crippen LogP contribution < -0.4 is 0 Å². The van der Waals surface area contributed by atoms with Crippen molar-refractivity contribution in [1.29, 1.82) is 0 Å². The van der Waals surface area contributed by atoms with E-state index in [1.54, 1.807) is 0 Å². The summed E-state index contributed by atoms with van der Waals surface area (Å²) in [5.41, 5.74) is 20.3. The van der Waals surface area contributed by atoms with Gasteiger partial charge in [0.1, 0.15) is 0 Å². The Morgan fingerprint density at radius 2 is 0.880 bits per heavy atom. The molecule has 4 heteroatoms. The van der Waals surface area contributed by atoms with Crippen LogP contribution in [0, 0.1) is 41.5 Å². The van der Waals surface area contributed by atoms with Crippen molar-refractivity contribution in [1.82, 2.24) is 0 Å². The van der Waals surface area contributed by atoms with E-state index in [4.69, 9.17) is 0 Å². The summed E-state index contributed by atoms with van der Waals surface area (Å²) < 4.78 is 2.97. The van der Waals surface area contributed by atoms with Gasteiger partial charge in [0.25, 0.3) is 0 Å². The minimum atomic E-state index is -0.388. The molecule has 246 valence electrons. The third-order valence-corrected chi connectivity index (χ3v) is 16.0. The van der Waals surface area contributed by atoms with Crippen LogP contribution in [0.25, 0.3) is 28.9 Å². The van der Waals surface area contributed by atoms with Crippen molar-refractivity contribution >= 4 is 54.7 Å². The minimum Gasteiger partial charge on any atom is -0.143 e. The van der Waals surface area contributed by atoms with E-state index in [0.717, 1.165) is 6.42 Å². The van der Waals surface area contributed by atoms with Gasteiger partial charge in [0.05, 0.1) is 30.0 Å². The Balaban J connectivity index is 1.38. The molecule has 3 aromatic carbocycles. The first-order chi connectivity index (χ1) is 24.1. The molecule has 50 heavy (non-hydrogen) atoms. The van der Waals surface area contributed by atoms with Gasteiger partial charge in [0.15, 0.2) is 0 Å². The van der Waals surface area contributed by atoms with E-state index in [1.165, 1.54) is 112 Å². The van der Waals surface area contributed by atoms with E-state index in [0.29, 0.717) is 0 Å². The van der Waals surface area contributed by atoms with Crippen LogP contribution in [0.5, 0.6) is 0 Å². The molecule has 3 aliphatic rings.